The first-order chi connectivity index (χ1) is 34.7. The zero-order chi connectivity index (χ0) is 50.7. The fraction of sp³-hybridized carbons (Fsp3) is 0.358. The van der Waals surface area contributed by atoms with Crippen LogP contribution in [-0.2, 0) is 48.4 Å². The normalized spacial score (nSPS) is 17.3. The number of nitrogens with zero attached hydrogens (tertiary/aromatic N) is 8. The maximum Gasteiger partial charge on any atom is 0.321 e. The Bertz CT molecular complexity index is 3370. The number of carboxylic acids is 1. The van der Waals surface area contributed by atoms with E-state index >= 15 is 0 Å². The van der Waals surface area contributed by atoms with Crippen molar-refractivity contribution < 1.29 is 33.7 Å². The zero-order valence-corrected chi connectivity index (χ0v) is 41.1. The summed E-state index contributed by atoms with van der Waals surface area (Å²) in [6.45, 7) is 12.1. The number of likely N-dealkylation sites (N-methyl/N-ethyl adjacent to an activating group) is 3. The van der Waals surface area contributed by atoms with Crippen molar-refractivity contribution in [3.8, 4) is 56.8 Å². The molecule has 0 aliphatic carbocycles. The molecule has 0 unspecified atom stereocenters. The Hall–Kier alpha value is -7.48. The van der Waals surface area contributed by atoms with Gasteiger partial charge in [-0.2, -0.15) is 10.2 Å². The molecule has 1 amide bonds. The van der Waals surface area contributed by atoms with Crippen LogP contribution in [0.15, 0.2) is 60.7 Å². The van der Waals surface area contributed by atoms with Crippen molar-refractivity contribution >= 4 is 33.7 Å². The molecule has 0 spiro atoms. The molecular weight excluding hydrogens is 923 g/mol. The number of phenols is 2. The molecule has 8 aromatic rings. The molecule has 4 aromatic carbocycles. The lowest BCUT2D eigenvalue weighted by Gasteiger charge is -2.46. The Labute approximate surface area is 413 Å². The highest BCUT2D eigenvalue weighted by Crippen LogP contribution is 2.37. The highest BCUT2D eigenvalue weighted by molar-refractivity contribution is 5.95. The molecule has 0 saturated carbocycles. The van der Waals surface area contributed by atoms with Crippen molar-refractivity contribution in [3.05, 3.63) is 106 Å². The number of H-pyrrole nitrogens is 4. The van der Waals surface area contributed by atoms with Crippen molar-refractivity contribution in [1.29, 1.82) is 0 Å². The molecule has 1 saturated heterocycles. The molecule has 17 nitrogen and oxygen atoms in total. The van der Waals surface area contributed by atoms with Crippen LogP contribution in [0.2, 0.25) is 0 Å². The van der Waals surface area contributed by atoms with E-state index in [1.807, 2.05) is 67.0 Å². The van der Waals surface area contributed by atoms with Gasteiger partial charge in [0.15, 0.2) is 34.8 Å². The van der Waals surface area contributed by atoms with Crippen LogP contribution >= 0.6 is 0 Å². The monoisotopic (exact) mass is 980 g/mol. The van der Waals surface area contributed by atoms with Crippen LogP contribution in [0.4, 0.5) is 8.78 Å². The third kappa shape index (κ3) is 8.74. The fourth-order valence-electron chi connectivity index (χ4n) is 10.4. The van der Waals surface area contributed by atoms with Gasteiger partial charge in [-0.3, -0.25) is 29.6 Å². The highest BCUT2D eigenvalue weighted by Gasteiger charge is 2.40. The standard InChI is InChI=1S/C29H34FN7O2.C24H24FN5O3/c1-5-16-10-26(38)21(30)11-20(16)17-7-8-19-22(9-17)33-34-27(19)28-31-23-12-25(36(6-2)15-24(23)32-28)29(39)37-13-18(14-37)35(3)4;1-3-12-8-21(31)16(25)9-15(12)13-5-6-14-17(7-13)28-29-22(14)23-26-18-10-20(24(32)33)30(4-2)11-19(18)27-23/h7-11,18,25,38H,5-6,12-15H2,1-4H3,(H,31,32)(H,33,34);5-9,20,31H,3-4,10-11H2,1-2H3,(H,26,27)(H,28,29)(H,32,33)/t25-;20-/m00/s1. The minimum atomic E-state index is -0.845. The molecular formula is C53H58F2N12O5. The van der Waals surface area contributed by atoms with Gasteiger partial charge < -0.3 is 35.1 Å². The van der Waals surface area contributed by atoms with E-state index in [-0.39, 0.29) is 23.4 Å². The average molecular weight is 981 g/mol. The van der Waals surface area contributed by atoms with Crippen LogP contribution in [-0.4, -0.2) is 146 Å². The van der Waals surface area contributed by atoms with Crippen LogP contribution in [0.5, 0.6) is 11.5 Å². The molecule has 3 aliphatic heterocycles. The molecule has 19 heteroatoms. The Morgan fingerprint density at radius 1 is 0.681 bits per heavy atom. The highest BCUT2D eigenvalue weighted by atomic mass is 19.1. The number of carbonyl (C=O) groups excluding carboxylic acids is 1. The summed E-state index contributed by atoms with van der Waals surface area (Å²) in [6, 6.07) is 16.9. The maximum absolute atomic E-state index is 14.2. The summed E-state index contributed by atoms with van der Waals surface area (Å²) in [5.41, 5.74) is 11.4. The van der Waals surface area contributed by atoms with E-state index in [0.717, 1.165) is 97.6 Å². The van der Waals surface area contributed by atoms with Crippen molar-refractivity contribution in [2.45, 2.75) is 84.6 Å². The molecule has 72 heavy (non-hydrogen) atoms. The van der Waals surface area contributed by atoms with Crippen molar-refractivity contribution in [3.63, 3.8) is 0 Å². The van der Waals surface area contributed by atoms with Gasteiger partial charge in [0.2, 0.25) is 5.91 Å². The number of benzene rings is 4. The first-order valence-corrected chi connectivity index (χ1v) is 24.5. The summed E-state index contributed by atoms with van der Waals surface area (Å²) in [4.78, 5) is 49.6. The van der Waals surface area contributed by atoms with Crippen LogP contribution in [0.1, 0.15) is 61.6 Å². The number of nitrogens with one attached hydrogen (secondary N) is 4. The summed E-state index contributed by atoms with van der Waals surface area (Å²) in [5.74, 6) is -1.39. The lowest BCUT2D eigenvalue weighted by Crippen LogP contribution is -2.63. The van der Waals surface area contributed by atoms with Crippen LogP contribution in [0.3, 0.4) is 0 Å². The quantitative estimate of drug-likeness (QED) is 0.0674. The molecule has 7 N–H and O–H groups in total. The number of carbonyl (C=O) groups is 2. The van der Waals surface area contributed by atoms with E-state index in [0.29, 0.717) is 74.4 Å². The number of likely N-dealkylation sites (tertiary alicyclic amines) is 1. The number of hydrogen-bond donors (Lipinski definition) is 7. The molecule has 11 rings (SSSR count). The molecule has 4 aromatic heterocycles. The number of halogens is 2. The number of aromatic amines is 4. The van der Waals surface area contributed by atoms with Crippen LogP contribution in [0.25, 0.3) is 67.1 Å². The summed E-state index contributed by atoms with van der Waals surface area (Å²) in [6.07, 6.45) is 2.23. The Balaban J connectivity index is 0.000000168. The first-order valence-electron chi connectivity index (χ1n) is 24.5. The van der Waals surface area contributed by atoms with Gasteiger partial charge in [-0.1, -0.05) is 39.8 Å². The largest absolute Gasteiger partial charge is 0.505 e. The van der Waals surface area contributed by atoms with Crippen LogP contribution < -0.4 is 0 Å². The summed E-state index contributed by atoms with van der Waals surface area (Å²) < 4.78 is 28.2. The zero-order valence-electron chi connectivity index (χ0n) is 41.1. The summed E-state index contributed by atoms with van der Waals surface area (Å²) in [5, 5.41) is 46.0. The van der Waals surface area contributed by atoms with E-state index in [2.05, 4.69) is 66.2 Å². The Morgan fingerprint density at radius 3 is 1.57 bits per heavy atom. The smallest absolute Gasteiger partial charge is 0.321 e. The predicted octanol–water partition coefficient (Wildman–Crippen LogP) is 7.40. The maximum atomic E-state index is 14.2. The van der Waals surface area contributed by atoms with Gasteiger partial charge in [-0.25, -0.2) is 18.7 Å². The predicted molar refractivity (Wildman–Crippen MR) is 269 cm³/mol. The van der Waals surface area contributed by atoms with Gasteiger partial charge in [-0.15, -0.1) is 0 Å². The third-order valence-corrected chi connectivity index (χ3v) is 14.7. The van der Waals surface area contributed by atoms with Gasteiger partial charge in [0.1, 0.15) is 17.4 Å². The number of aromatic nitrogens is 8. The topological polar surface area (TPSA) is 223 Å². The number of amides is 1. The van der Waals surface area contributed by atoms with Gasteiger partial charge in [0.05, 0.1) is 39.9 Å². The fourth-order valence-corrected chi connectivity index (χ4v) is 10.4. The minimum Gasteiger partial charge on any atom is -0.505 e. The second kappa shape index (κ2) is 19.3. The van der Waals surface area contributed by atoms with Gasteiger partial charge in [-0.05, 0) is 122 Å². The number of phenolic OH excluding ortho intramolecular Hbond substituents is 2. The number of imidazole rings is 2. The number of aromatic hydroxyl groups is 2. The minimum absolute atomic E-state index is 0.181. The number of carboxylic acid groups (broad SMARTS) is 1. The lowest BCUT2D eigenvalue weighted by molar-refractivity contribution is -0.145. The van der Waals surface area contributed by atoms with E-state index < -0.39 is 23.6 Å². The molecule has 3 aliphatic rings. The van der Waals surface area contributed by atoms with Crippen molar-refractivity contribution in [2.75, 3.05) is 40.3 Å². The Kier molecular flexibility index (Phi) is 12.9. The van der Waals surface area contributed by atoms with Gasteiger partial charge in [0.25, 0.3) is 0 Å². The number of hydrogen-bond acceptors (Lipinski definition) is 11. The SMILES string of the molecule is CCc1cc(O)c(F)cc1-c1ccc2c(-c3nc4c([nH]3)CN(CC)[C@H](C(=O)N3CC(N(C)C)C3)C4)n[nH]c2c1.CCc1cc(O)c(F)cc1-c1ccc2c(-c3nc4c([nH]3)CN(CC)[C@H](C(=O)O)C4)n[nH]c2c1. The molecule has 2 atom stereocenters. The molecule has 7 heterocycles. The van der Waals surface area contributed by atoms with E-state index in [1.54, 1.807) is 0 Å². The van der Waals surface area contributed by atoms with Crippen molar-refractivity contribution in [2.24, 2.45) is 0 Å². The Morgan fingerprint density at radius 2 is 1.14 bits per heavy atom. The molecule has 0 radical (unpaired) electrons. The second-order valence-corrected chi connectivity index (χ2v) is 19.1. The number of aliphatic carboxylic acids is 1. The van der Waals surface area contributed by atoms with Crippen LogP contribution in [0, 0.1) is 11.6 Å². The lowest BCUT2D eigenvalue weighted by atomic mass is 9.96. The van der Waals surface area contributed by atoms with E-state index in [9.17, 15) is 33.7 Å². The molecule has 0 bridgehead atoms. The third-order valence-electron chi connectivity index (χ3n) is 14.7. The second-order valence-electron chi connectivity index (χ2n) is 19.1. The number of aryl methyl sites for hydroxylation is 2. The van der Waals surface area contributed by atoms with Crippen molar-refractivity contribution in [1.82, 2.24) is 59.9 Å². The number of rotatable bonds is 11. The first kappa shape index (κ1) is 48.2. The van der Waals surface area contributed by atoms with E-state index in [4.69, 9.17) is 4.98 Å². The van der Waals surface area contributed by atoms with E-state index in [1.165, 1.54) is 24.3 Å². The molecule has 374 valence electrons. The average Bonchev–Trinajstić information content (AvgIpc) is 4.18. The number of fused-ring (bicyclic) bond motifs is 4. The molecule has 1 fully saturated rings. The van der Waals surface area contributed by atoms with Gasteiger partial charge in [0, 0.05) is 55.8 Å². The summed E-state index contributed by atoms with van der Waals surface area (Å²) in [7, 11) is 4.11. The van der Waals surface area contributed by atoms with Gasteiger partial charge >= 0.3 is 5.97 Å². The summed E-state index contributed by atoms with van der Waals surface area (Å²) >= 11 is 0.